The molecule has 1 heterocycles. The van der Waals surface area contributed by atoms with Gasteiger partial charge in [-0.1, -0.05) is 79.2 Å². The van der Waals surface area contributed by atoms with Crippen molar-refractivity contribution in [2.24, 2.45) is 0 Å². The SMILES string of the molecule is CCCOc1ccc2c(c1)CN(OCc1ccc(-c3ccccc3)cc1)[C@H](C(=O)NS(=O)(=O)c1ccc(Cl)c([N+](=O)[O-])c1)C2. The van der Waals surface area contributed by atoms with Gasteiger partial charge in [0.2, 0.25) is 0 Å². The summed E-state index contributed by atoms with van der Waals surface area (Å²) in [4.78, 5) is 29.7. The van der Waals surface area contributed by atoms with Crippen molar-refractivity contribution in [1.82, 2.24) is 9.79 Å². The molecule has 12 heteroatoms. The Morgan fingerprint density at radius 2 is 1.73 bits per heavy atom. The minimum Gasteiger partial charge on any atom is -0.494 e. The van der Waals surface area contributed by atoms with Gasteiger partial charge in [-0.25, -0.2) is 13.1 Å². The van der Waals surface area contributed by atoms with Crippen molar-refractivity contribution in [3.8, 4) is 16.9 Å². The number of nitro benzene ring substituents is 1. The van der Waals surface area contributed by atoms with Crippen molar-refractivity contribution >= 4 is 33.2 Å². The summed E-state index contributed by atoms with van der Waals surface area (Å²) in [5, 5.41) is 12.5. The van der Waals surface area contributed by atoms with E-state index in [-0.39, 0.29) is 24.6 Å². The fraction of sp³-hybridized carbons (Fsp3) is 0.219. The molecule has 4 aromatic rings. The van der Waals surface area contributed by atoms with E-state index < -0.39 is 37.5 Å². The molecular formula is C32H30ClN3O7S. The highest BCUT2D eigenvalue weighted by Gasteiger charge is 2.35. The van der Waals surface area contributed by atoms with Crippen molar-refractivity contribution in [2.75, 3.05) is 6.61 Å². The van der Waals surface area contributed by atoms with Crippen LogP contribution in [0.3, 0.4) is 0 Å². The highest BCUT2D eigenvalue weighted by molar-refractivity contribution is 7.90. The average Bonchev–Trinajstić information content (AvgIpc) is 3.02. The number of hydroxylamine groups is 2. The van der Waals surface area contributed by atoms with Crippen LogP contribution in [-0.4, -0.2) is 37.0 Å². The van der Waals surface area contributed by atoms with E-state index in [4.69, 9.17) is 21.2 Å². The molecule has 1 amide bonds. The highest BCUT2D eigenvalue weighted by atomic mass is 35.5. The van der Waals surface area contributed by atoms with Gasteiger partial charge in [-0.05, 0) is 64.9 Å². The summed E-state index contributed by atoms with van der Waals surface area (Å²) in [6.07, 6.45) is 1.02. The summed E-state index contributed by atoms with van der Waals surface area (Å²) in [6, 6.07) is 25.4. The Labute approximate surface area is 260 Å². The van der Waals surface area contributed by atoms with Gasteiger partial charge in [0, 0.05) is 6.07 Å². The molecule has 1 atom stereocenters. The largest absolute Gasteiger partial charge is 0.494 e. The minimum atomic E-state index is -4.46. The van der Waals surface area contributed by atoms with Gasteiger partial charge in [0.15, 0.2) is 0 Å². The van der Waals surface area contributed by atoms with Gasteiger partial charge in [-0.3, -0.25) is 19.7 Å². The molecule has 0 radical (unpaired) electrons. The molecule has 10 nitrogen and oxygen atoms in total. The number of ether oxygens (including phenoxy) is 1. The van der Waals surface area contributed by atoms with Crippen LogP contribution in [0, 0.1) is 10.1 Å². The zero-order valence-electron chi connectivity index (χ0n) is 23.8. The first-order chi connectivity index (χ1) is 21.1. The van der Waals surface area contributed by atoms with Crippen LogP contribution in [-0.2, 0) is 39.2 Å². The number of carbonyl (C=O) groups is 1. The lowest BCUT2D eigenvalue weighted by molar-refractivity contribution is -0.384. The first-order valence-electron chi connectivity index (χ1n) is 13.9. The molecule has 1 aliphatic rings. The van der Waals surface area contributed by atoms with Crippen LogP contribution >= 0.6 is 11.6 Å². The molecular weight excluding hydrogens is 606 g/mol. The van der Waals surface area contributed by atoms with E-state index in [9.17, 15) is 23.3 Å². The fourth-order valence-corrected chi connectivity index (χ4v) is 6.07. The topological polar surface area (TPSA) is 128 Å². The van der Waals surface area contributed by atoms with E-state index >= 15 is 0 Å². The third kappa shape index (κ3) is 7.25. The Balaban J connectivity index is 1.37. The molecule has 4 aromatic carbocycles. The van der Waals surface area contributed by atoms with Crippen LogP contribution in [0.15, 0.2) is 95.9 Å². The maximum absolute atomic E-state index is 13.5. The van der Waals surface area contributed by atoms with Gasteiger partial charge in [-0.2, -0.15) is 5.06 Å². The molecule has 0 aromatic heterocycles. The zero-order valence-corrected chi connectivity index (χ0v) is 25.4. The van der Waals surface area contributed by atoms with E-state index in [2.05, 4.69) is 4.72 Å². The summed E-state index contributed by atoms with van der Waals surface area (Å²) < 4.78 is 34.1. The number of nitrogens with zero attached hydrogens (tertiary/aromatic N) is 2. The molecule has 0 saturated carbocycles. The maximum atomic E-state index is 13.5. The number of sulfonamides is 1. The standard InChI is InChI=1S/C32H30ClN3O7S/c1-2-16-42-27-13-12-25-18-31(32(37)34-44(40,41)28-14-15-29(33)30(19-28)36(38)39)35(20-26(25)17-27)43-21-22-8-10-24(11-9-22)23-6-4-3-5-7-23/h3-15,17,19,31H,2,16,18,20-21H2,1H3,(H,34,37)/t31-/m0/s1. The molecule has 0 fully saturated rings. The predicted octanol–water partition coefficient (Wildman–Crippen LogP) is 6.07. The quantitative estimate of drug-likeness (QED) is 0.155. The Morgan fingerprint density at radius 3 is 2.43 bits per heavy atom. The van der Waals surface area contributed by atoms with Crippen molar-refractivity contribution in [2.45, 2.75) is 43.9 Å². The number of hydrogen-bond acceptors (Lipinski definition) is 8. The molecule has 0 bridgehead atoms. The number of fused-ring (bicyclic) bond motifs is 1. The highest BCUT2D eigenvalue weighted by Crippen LogP contribution is 2.30. The molecule has 0 aliphatic carbocycles. The van der Waals surface area contributed by atoms with Crippen molar-refractivity contribution < 1.29 is 27.7 Å². The smallest absolute Gasteiger partial charge is 0.289 e. The number of benzene rings is 4. The van der Waals surface area contributed by atoms with Gasteiger partial charge in [0.05, 0.1) is 29.6 Å². The second-order valence-corrected chi connectivity index (χ2v) is 12.3. The zero-order chi connectivity index (χ0) is 31.3. The molecule has 5 rings (SSSR count). The van der Waals surface area contributed by atoms with Crippen LogP contribution in [0.4, 0.5) is 5.69 Å². The average molecular weight is 636 g/mol. The van der Waals surface area contributed by atoms with Gasteiger partial charge < -0.3 is 4.74 Å². The van der Waals surface area contributed by atoms with Crippen molar-refractivity contribution in [3.05, 3.63) is 123 Å². The Bertz CT molecular complexity index is 1770. The first-order valence-corrected chi connectivity index (χ1v) is 15.8. The van der Waals surface area contributed by atoms with E-state index in [1.54, 1.807) is 0 Å². The summed E-state index contributed by atoms with van der Waals surface area (Å²) in [5.41, 5.74) is 4.14. The molecule has 1 N–H and O–H groups in total. The Morgan fingerprint density at radius 1 is 1.00 bits per heavy atom. The summed E-state index contributed by atoms with van der Waals surface area (Å²) in [7, 11) is -4.46. The number of hydrogen-bond donors (Lipinski definition) is 1. The molecule has 0 saturated heterocycles. The normalized spacial score (nSPS) is 14.9. The number of carbonyl (C=O) groups excluding carboxylic acids is 1. The number of nitro groups is 1. The van der Waals surface area contributed by atoms with Crippen LogP contribution in [0.1, 0.15) is 30.0 Å². The van der Waals surface area contributed by atoms with Gasteiger partial charge >= 0.3 is 0 Å². The summed E-state index contributed by atoms with van der Waals surface area (Å²) in [5.74, 6) is -0.143. The molecule has 1 aliphatic heterocycles. The van der Waals surface area contributed by atoms with E-state index in [1.165, 1.54) is 5.06 Å². The predicted molar refractivity (Wildman–Crippen MR) is 165 cm³/mol. The van der Waals surface area contributed by atoms with E-state index in [0.717, 1.165) is 52.4 Å². The maximum Gasteiger partial charge on any atom is 0.289 e. The van der Waals surface area contributed by atoms with E-state index in [1.807, 2.05) is 79.7 Å². The number of halogens is 1. The van der Waals surface area contributed by atoms with Crippen molar-refractivity contribution in [3.63, 3.8) is 0 Å². The lowest BCUT2D eigenvalue weighted by Gasteiger charge is -2.35. The van der Waals surface area contributed by atoms with E-state index in [0.29, 0.717) is 12.4 Å². The van der Waals surface area contributed by atoms with Gasteiger partial charge in [0.1, 0.15) is 16.8 Å². The van der Waals surface area contributed by atoms with Crippen LogP contribution in [0.25, 0.3) is 11.1 Å². The van der Waals surface area contributed by atoms with Crippen molar-refractivity contribution in [1.29, 1.82) is 0 Å². The van der Waals surface area contributed by atoms with Crippen LogP contribution < -0.4 is 9.46 Å². The Hall–Kier alpha value is -4.29. The molecule has 228 valence electrons. The number of rotatable bonds is 11. The Kier molecular flexibility index (Phi) is 9.60. The van der Waals surface area contributed by atoms with Crippen LogP contribution in [0.5, 0.6) is 5.75 Å². The second kappa shape index (κ2) is 13.6. The monoisotopic (exact) mass is 635 g/mol. The van der Waals surface area contributed by atoms with Gasteiger partial charge in [0.25, 0.3) is 21.6 Å². The first kappa shape index (κ1) is 31.1. The molecule has 0 unspecified atom stereocenters. The lowest BCUT2D eigenvalue weighted by Crippen LogP contribution is -2.51. The second-order valence-electron chi connectivity index (χ2n) is 10.3. The molecule has 0 spiro atoms. The molecule has 44 heavy (non-hydrogen) atoms. The lowest BCUT2D eigenvalue weighted by atomic mass is 9.95. The fourth-order valence-electron chi connectivity index (χ4n) is 4.85. The summed E-state index contributed by atoms with van der Waals surface area (Å²) in [6.45, 7) is 2.91. The van der Waals surface area contributed by atoms with Gasteiger partial charge in [-0.15, -0.1) is 0 Å². The third-order valence-electron chi connectivity index (χ3n) is 7.16. The number of amides is 1. The van der Waals surface area contributed by atoms with Crippen LogP contribution in [0.2, 0.25) is 5.02 Å². The third-order valence-corrected chi connectivity index (χ3v) is 8.82. The summed E-state index contributed by atoms with van der Waals surface area (Å²) >= 11 is 5.84. The number of nitrogens with one attached hydrogen (secondary N) is 1. The minimum absolute atomic E-state index is 0.135.